The third-order valence-electron chi connectivity index (χ3n) is 5.56. The van der Waals surface area contributed by atoms with Crippen molar-refractivity contribution < 1.29 is 14.3 Å². The number of ether oxygens (including phenoxy) is 1. The van der Waals surface area contributed by atoms with Crippen molar-refractivity contribution in [2.45, 2.75) is 66.3 Å². The van der Waals surface area contributed by atoms with Crippen molar-refractivity contribution in [3.8, 4) is 5.75 Å². The molecule has 1 aromatic rings. The maximum absolute atomic E-state index is 13.0. The number of amides is 2. The van der Waals surface area contributed by atoms with Gasteiger partial charge in [-0.25, -0.2) is 0 Å². The first-order valence-corrected chi connectivity index (χ1v) is 11.9. The molecule has 0 bridgehead atoms. The minimum Gasteiger partial charge on any atom is -0.493 e. The quantitative estimate of drug-likeness (QED) is 0.685. The van der Waals surface area contributed by atoms with E-state index in [4.69, 9.17) is 4.74 Å². The Labute approximate surface area is 188 Å². The van der Waals surface area contributed by atoms with Crippen LogP contribution in [0.1, 0.15) is 75.7 Å². The molecule has 1 aliphatic heterocycles. The van der Waals surface area contributed by atoms with Gasteiger partial charge in [-0.2, -0.15) is 0 Å². The molecular weight excluding hydrogens is 390 g/mol. The molecular formula is C25H41N3O3. The van der Waals surface area contributed by atoms with E-state index in [1.54, 1.807) is 0 Å². The highest BCUT2D eigenvalue weighted by Gasteiger charge is 2.21. The van der Waals surface area contributed by atoms with E-state index < -0.39 is 0 Å². The van der Waals surface area contributed by atoms with E-state index in [0.717, 1.165) is 50.0 Å². The number of hydrogen-bond donors (Lipinski definition) is 2. The van der Waals surface area contributed by atoms with E-state index in [-0.39, 0.29) is 11.8 Å². The van der Waals surface area contributed by atoms with E-state index in [0.29, 0.717) is 50.2 Å². The van der Waals surface area contributed by atoms with Gasteiger partial charge in [0.15, 0.2) is 0 Å². The fourth-order valence-electron chi connectivity index (χ4n) is 3.60. The highest BCUT2D eigenvalue weighted by atomic mass is 16.5. The second-order valence-corrected chi connectivity index (χ2v) is 9.37. The topological polar surface area (TPSA) is 70.7 Å². The Bertz CT molecular complexity index is 703. The number of rotatable bonds is 7. The van der Waals surface area contributed by atoms with Crippen molar-refractivity contribution in [3.05, 3.63) is 29.3 Å². The van der Waals surface area contributed by atoms with Crippen molar-refractivity contribution in [3.63, 3.8) is 0 Å². The number of carbonyl (C=O) groups is 2. The average Bonchev–Trinajstić information content (AvgIpc) is 2.72. The molecule has 2 rings (SSSR count). The van der Waals surface area contributed by atoms with Crippen LogP contribution in [0, 0.1) is 11.8 Å². The first-order chi connectivity index (χ1) is 14.9. The third-order valence-corrected chi connectivity index (χ3v) is 5.56. The van der Waals surface area contributed by atoms with Crippen LogP contribution in [0.3, 0.4) is 0 Å². The van der Waals surface area contributed by atoms with Crippen LogP contribution in [0.25, 0.3) is 0 Å². The van der Waals surface area contributed by atoms with Gasteiger partial charge in [-0.1, -0.05) is 33.8 Å². The molecule has 1 heterocycles. The number of hydrogen-bond acceptors (Lipinski definition) is 4. The summed E-state index contributed by atoms with van der Waals surface area (Å²) in [6.45, 7) is 12.3. The van der Waals surface area contributed by atoms with E-state index in [9.17, 15) is 9.59 Å². The Morgan fingerprint density at radius 2 is 1.87 bits per heavy atom. The van der Waals surface area contributed by atoms with Gasteiger partial charge >= 0.3 is 0 Å². The van der Waals surface area contributed by atoms with E-state index in [1.807, 2.05) is 18.2 Å². The minimum absolute atomic E-state index is 0.0457. The Morgan fingerprint density at radius 1 is 1.10 bits per heavy atom. The molecule has 0 atom stereocenters. The van der Waals surface area contributed by atoms with Crippen LogP contribution in [-0.2, 0) is 11.3 Å². The molecule has 0 fully saturated rings. The zero-order valence-corrected chi connectivity index (χ0v) is 19.8. The van der Waals surface area contributed by atoms with Crippen LogP contribution in [-0.4, -0.2) is 49.5 Å². The molecule has 31 heavy (non-hydrogen) atoms. The monoisotopic (exact) mass is 431 g/mol. The van der Waals surface area contributed by atoms with Crippen LogP contribution in [0.2, 0.25) is 0 Å². The van der Waals surface area contributed by atoms with Gasteiger partial charge in [-0.05, 0) is 62.6 Å². The Morgan fingerprint density at radius 3 is 2.61 bits per heavy atom. The number of carbonyl (C=O) groups excluding carboxylic acids is 2. The van der Waals surface area contributed by atoms with E-state index in [1.165, 1.54) is 0 Å². The van der Waals surface area contributed by atoms with Crippen LogP contribution in [0.15, 0.2) is 18.2 Å². The smallest absolute Gasteiger partial charge is 0.251 e. The van der Waals surface area contributed by atoms with E-state index >= 15 is 0 Å². The highest BCUT2D eigenvalue weighted by molar-refractivity contribution is 5.96. The summed E-state index contributed by atoms with van der Waals surface area (Å²) in [6, 6.07) is 5.70. The Hall–Kier alpha value is -2.08. The lowest BCUT2D eigenvalue weighted by Crippen LogP contribution is -2.38. The first kappa shape index (κ1) is 25.2. The van der Waals surface area contributed by atoms with Gasteiger partial charge in [0.25, 0.3) is 5.91 Å². The molecule has 0 unspecified atom stereocenters. The summed E-state index contributed by atoms with van der Waals surface area (Å²) >= 11 is 0. The van der Waals surface area contributed by atoms with Crippen LogP contribution >= 0.6 is 0 Å². The predicted octanol–water partition coefficient (Wildman–Crippen LogP) is 3.99. The summed E-state index contributed by atoms with van der Waals surface area (Å²) in [5, 5.41) is 6.10. The molecule has 0 aliphatic carbocycles. The molecule has 2 N–H and O–H groups in total. The Kier molecular flexibility index (Phi) is 10.9. The maximum atomic E-state index is 13.0. The summed E-state index contributed by atoms with van der Waals surface area (Å²) in [7, 11) is 0. The Balaban J connectivity index is 2.29. The molecule has 0 aromatic heterocycles. The number of nitrogens with one attached hydrogen (secondary N) is 2. The van der Waals surface area contributed by atoms with Gasteiger partial charge in [0.05, 0.1) is 13.2 Å². The first-order valence-electron chi connectivity index (χ1n) is 11.9. The fourth-order valence-corrected chi connectivity index (χ4v) is 3.60. The van der Waals surface area contributed by atoms with E-state index in [2.05, 4.69) is 43.2 Å². The number of fused-ring (bicyclic) bond motifs is 1. The fraction of sp³-hybridized carbons (Fsp3) is 0.680. The number of nitrogens with zero attached hydrogens (tertiary/aromatic N) is 1. The molecule has 1 aliphatic rings. The van der Waals surface area contributed by atoms with Gasteiger partial charge in [-0.15, -0.1) is 0 Å². The lowest BCUT2D eigenvalue weighted by molar-refractivity contribution is -0.122. The van der Waals surface area contributed by atoms with Crippen LogP contribution < -0.4 is 15.4 Å². The molecule has 0 spiro atoms. The molecule has 0 saturated carbocycles. The van der Waals surface area contributed by atoms with Crippen molar-refractivity contribution >= 4 is 11.8 Å². The van der Waals surface area contributed by atoms with Gasteiger partial charge in [0.1, 0.15) is 5.75 Å². The standard InChI is InChI=1S/C25H41N3O3/c1-19(2)11-14-27-25(30)21-9-8-10-23-22(21)17-28(15-12-20(3)4)18-24(29)26-13-6-5-7-16-31-23/h8-10,19-20H,5-7,11-18H2,1-4H3,(H,26,29)(H,27,30). The van der Waals surface area contributed by atoms with Crippen molar-refractivity contribution in [1.82, 2.24) is 15.5 Å². The van der Waals surface area contributed by atoms with Crippen molar-refractivity contribution in [2.24, 2.45) is 11.8 Å². The van der Waals surface area contributed by atoms with Crippen LogP contribution in [0.4, 0.5) is 0 Å². The van der Waals surface area contributed by atoms with Gasteiger partial charge < -0.3 is 15.4 Å². The largest absolute Gasteiger partial charge is 0.493 e. The SMILES string of the molecule is CC(C)CCNC(=O)c1cccc2c1CN(CCC(C)C)CC(=O)NCCCCCO2. The summed E-state index contributed by atoms with van der Waals surface area (Å²) in [5.41, 5.74) is 1.52. The van der Waals surface area contributed by atoms with Gasteiger partial charge in [0.2, 0.25) is 5.91 Å². The molecule has 174 valence electrons. The maximum Gasteiger partial charge on any atom is 0.251 e. The van der Waals surface area contributed by atoms with Gasteiger partial charge in [0, 0.05) is 30.8 Å². The summed E-state index contributed by atoms with van der Waals surface area (Å²) in [4.78, 5) is 27.7. The molecule has 6 heteroatoms. The summed E-state index contributed by atoms with van der Waals surface area (Å²) in [5.74, 6) is 1.81. The van der Waals surface area contributed by atoms with Crippen LogP contribution in [0.5, 0.6) is 5.75 Å². The zero-order chi connectivity index (χ0) is 22.6. The molecule has 0 saturated heterocycles. The lowest BCUT2D eigenvalue weighted by Gasteiger charge is -2.25. The average molecular weight is 432 g/mol. The summed E-state index contributed by atoms with van der Waals surface area (Å²) in [6.07, 6.45) is 4.82. The second kappa shape index (κ2) is 13.4. The molecule has 1 aromatic carbocycles. The third kappa shape index (κ3) is 9.30. The zero-order valence-electron chi connectivity index (χ0n) is 19.8. The lowest BCUT2D eigenvalue weighted by atomic mass is 10.0. The van der Waals surface area contributed by atoms with Gasteiger partial charge in [-0.3, -0.25) is 14.5 Å². The highest BCUT2D eigenvalue weighted by Crippen LogP contribution is 2.25. The number of benzene rings is 1. The van der Waals surface area contributed by atoms with Crippen molar-refractivity contribution in [1.29, 1.82) is 0 Å². The second-order valence-electron chi connectivity index (χ2n) is 9.37. The van der Waals surface area contributed by atoms with Crippen molar-refractivity contribution in [2.75, 3.05) is 32.8 Å². The summed E-state index contributed by atoms with van der Waals surface area (Å²) < 4.78 is 6.12. The molecule has 0 radical (unpaired) electrons. The normalized spacial score (nSPS) is 16.5. The minimum atomic E-state index is -0.0707. The predicted molar refractivity (Wildman–Crippen MR) is 125 cm³/mol. The molecule has 2 amide bonds. The molecule has 6 nitrogen and oxygen atoms in total.